The lowest BCUT2D eigenvalue weighted by atomic mass is 10.1. The minimum absolute atomic E-state index is 0.0955. The maximum Gasteiger partial charge on any atom is 0.223 e. The summed E-state index contributed by atoms with van der Waals surface area (Å²) >= 11 is 0. The molecule has 1 rings (SSSR count). The van der Waals surface area contributed by atoms with Crippen molar-refractivity contribution in [1.82, 2.24) is 5.32 Å². The second kappa shape index (κ2) is 4.26. The molecule has 3 nitrogen and oxygen atoms in total. The molecule has 1 atom stereocenters. The van der Waals surface area contributed by atoms with Gasteiger partial charge in [0, 0.05) is 18.5 Å². The molecule has 1 unspecified atom stereocenters. The van der Waals surface area contributed by atoms with Gasteiger partial charge in [-0.2, -0.15) is 0 Å². The molecule has 0 saturated carbocycles. The lowest BCUT2D eigenvalue weighted by Crippen LogP contribution is -2.40. The number of nitrogens with two attached hydrogens (primary N) is 1. The summed E-state index contributed by atoms with van der Waals surface area (Å²) in [5.41, 5.74) is 5.39. The third-order valence-corrected chi connectivity index (χ3v) is 2.12. The molecule has 1 aliphatic carbocycles. The Hall–Kier alpha value is -0.830. The van der Waals surface area contributed by atoms with Crippen LogP contribution in [0.25, 0.3) is 0 Å². The first kappa shape index (κ1) is 9.26. The molecule has 0 aromatic carbocycles. The van der Waals surface area contributed by atoms with Crippen LogP contribution in [0.15, 0.2) is 12.2 Å². The van der Waals surface area contributed by atoms with Gasteiger partial charge >= 0.3 is 0 Å². The molecule has 0 aromatic rings. The number of hydrogen-bond acceptors (Lipinski definition) is 2. The highest BCUT2D eigenvalue weighted by Gasteiger charge is 2.19. The Morgan fingerprint density at radius 1 is 1.67 bits per heavy atom. The fourth-order valence-corrected chi connectivity index (χ4v) is 1.25. The standard InChI is InChI=1S/C9H16N2O/c1-7(6-10)11-9(12)8-4-2-3-5-8/h2-3,7-8H,4-6,10H2,1H3,(H,11,12). The summed E-state index contributed by atoms with van der Waals surface area (Å²) in [6.07, 6.45) is 5.86. The van der Waals surface area contributed by atoms with Crippen LogP contribution < -0.4 is 11.1 Å². The molecule has 68 valence electrons. The molecule has 0 saturated heterocycles. The number of amides is 1. The first-order chi connectivity index (χ1) is 5.74. The molecule has 3 N–H and O–H groups in total. The smallest absolute Gasteiger partial charge is 0.223 e. The molecule has 0 bridgehead atoms. The summed E-state index contributed by atoms with van der Waals surface area (Å²) in [7, 11) is 0. The molecule has 0 spiro atoms. The molecular formula is C9H16N2O. The summed E-state index contributed by atoms with van der Waals surface area (Å²) in [5.74, 6) is 0.289. The molecule has 0 radical (unpaired) electrons. The van der Waals surface area contributed by atoms with Crippen molar-refractivity contribution in [2.75, 3.05) is 6.54 Å². The van der Waals surface area contributed by atoms with E-state index in [1.165, 1.54) is 0 Å². The van der Waals surface area contributed by atoms with Crippen molar-refractivity contribution in [3.8, 4) is 0 Å². The average molecular weight is 168 g/mol. The highest BCUT2D eigenvalue weighted by Crippen LogP contribution is 2.17. The van der Waals surface area contributed by atoms with E-state index in [1.807, 2.05) is 6.92 Å². The minimum Gasteiger partial charge on any atom is -0.352 e. The summed E-state index contributed by atoms with van der Waals surface area (Å²) in [6, 6.07) is 0.0955. The molecule has 12 heavy (non-hydrogen) atoms. The van der Waals surface area contributed by atoms with Gasteiger partial charge in [0.15, 0.2) is 0 Å². The van der Waals surface area contributed by atoms with Gasteiger partial charge in [0.2, 0.25) is 5.91 Å². The topological polar surface area (TPSA) is 55.1 Å². The van der Waals surface area contributed by atoms with E-state index in [9.17, 15) is 4.79 Å². The Labute approximate surface area is 73.0 Å². The largest absolute Gasteiger partial charge is 0.352 e. The zero-order valence-electron chi connectivity index (χ0n) is 7.42. The number of hydrogen-bond donors (Lipinski definition) is 2. The molecule has 0 heterocycles. The van der Waals surface area contributed by atoms with Gasteiger partial charge in [-0.25, -0.2) is 0 Å². The first-order valence-corrected chi connectivity index (χ1v) is 4.39. The van der Waals surface area contributed by atoms with Crippen LogP contribution in [0.5, 0.6) is 0 Å². The van der Waals surface area contributed by atoms with Gasteiger partial charge in [-0.3, -0.25) is 4.79 Å². The predicted octanol–water partition coefficient (Wildman–Crippen LogP) is 0.416. The van der Waals surface area contributed by atoms with E-state index in [-0.39, 0.29) is 17.9 Å². The monoisotopic (exact) mass is 168 g/mol. The number of nitrogens with one attached hydrogen (secondary N) is 1. The Bertz CT molecular complexity index is 181. The van der Waals surface area contributed by atoms with Crippen LogP contribution in [0, 0.1) is 5.92 Å². The molecule has 1 aliphatic rings. The molecule has 0 aliphatic heterocycles. The van der Waals surface area contributed by atoms with Crippen molar-refractivity contribution in [2.45, 2.75) is 25.8 Å². The van der Waals surface area contributed by atoms with E-state index in [0.717, 1.165) is 12.8 Å². The number of rotatable bonds is 3. The molecule has 1 amide bonds. The number of carbonyl (C=O) groups is 1. The van der Waals surface area contributed by atoms with E-state index in [0.29, 0.717) is 6.54 Å². The number of allylic oxidation sites excluding steroid dienone is 2. The normalized spacial score (nSPS) is 19.5. The molecule has 0 fully saturated rings. The molecule has 3 heteroatoms. The quantitative estimate of drug-likeness (QED) is 0.600. The Morgan fingerprint density at radius 2 is 2.25 bits per heavy atom. The van der Waals surface area contributed by atoms with E-state index in [2.05, 4.69) is 17.5 Å². The Kier molecular flexibility index (Phi) is 3.29. The summed E-state index contributed by atoms with van der Waals surface area (Å²) in [5, 5.41) is 2.87. The van der Waals surface area contributed by atoms with Gasteiger partial charge in [0.1, 0.15) is 0 Å². The van der Waals surface area contributed by atoms with Crippen LogP contribution in [-0.4, -0.2) is 18.5 Å². The molecule has 0 aromatic heterocycles. The third kappa shape index (κ3) is 2.34. The highest BCUT2D eigenvalue weighted by atomic mass is 16.1. The van der Waals surface area contributed by atoms with E-state index in [4.69, 9.17) is 5.73 Å². The second-order valence-electron chi connectivity index (χ2n) is 3.29. The fraction of sp³-hybridized carbons (Fsp3) is 0.667. The minimum atomic E-state index is 0.0955. The van der Waals surface area contributed by atoms with E-state index < -0.39 is 0 Å². The second-order valence-corrected chi connectivity index (χ2v) is 3.29. The van der Waals surface area contributed by atoms with Gasteiger partial charge in [-0.05, 0) is 19.8 Å². The molecular weight excluding hydrogens is 152 g/mol. The van der Waals surface area contributed by atoms with Gasteiger partial charge in [-0.15, -0.1) is 0 Å². The van der Waals surface area contributed by atoms with Crippen LogP contribution in [-0.2, 0) is 4.79 Å². The van der Waals surface area contributed by atoms with E-state index >= 15 is 0 Å². The van der Waals surface area contributed by atoms with Crippen molar-refractivity contribution < 1.29 is 4.79 Å². The summed E-state index contributed by atoms with van der Waals surface area (Å²) < 4.78 is 0. The zero-order chi connectivity index (χ0) is 8.97. The highest BCUT2D eigenvalue weighted by molar-refractivity contribution is 5.79. The number of carbonyl (C=O) groups excluding carboxylic acids is 1. The van der Waals surface area contributed by atoms with Gasteiger partial charge in [-0.1, -0.05) is 12.2 Å². The van der Waals surface area contributed by atoms with Crippen LogP contribution in [0.3, 0.4) is 0 Å². The summed E-state index contributed by atoms with van der Waals surface area (Å²) in [4.78, 5) is 11.4. The lowest BCUT2D eigenvalue weighted by molar-refractivity contribution is -0.125. The van der Waals surface area contributed by atoms with Crippen LogP contribution >= 0.6 is 0 Å². The fourth-order valence-electron chi connectivity index (χ4n) is 1.25. The lowest BCUT2D eigenvalue weighted by Gasteiger charge is -2.14. The van der Waals surface area contributed by atoms with Crippen molar-refractivity contribution in [1.29, 1.82) is 0 Å². The van der Waals surface area contributed by atoms with Crippen molar-refractivity contribution in [3.05, 3.63) is 12.2 Å². The van der Waals surface area contributed by atoms with Crippen LogP contribution in [0.1, 0.15) is 19.8 Å². The predicted molar refractivity (Wildman–Crippen MR) is 48.5 cm³/mol. The van der Waals surface area contributed by atoms with Gasteiger partial charge in [0.05, 0.1) is 0 Å². The third-order valence-electron chi connectivity index (χ3n) is 2.12. The average Bonchev–Trinajstić information content (AvgIpc) is 2.56. The van der Waals surface area contributed by atoms with Crippen LogP contribution in [0.2, 0.25) is 0 Å². The Balaban J connectivity index is 2.28. The SMILES string of the molecule is CC(CN)NC(=O)C1CC=CC1. The van der Waals surface area contributed by atoms with Crippen molar-refractivity contribution >= 4 is 5.91 Å². The van der Waals surface area contributed by atoms with Crippen molar-refractivity contribution in [2.24, 2.45) is 11.7 Å². The van der Waals surface area contributed by atoms with Crippen LogP contribution in [0.4, 0.5) is 0 Å². The maximum absolute atomic E-state index is 11.4. The van der Waals surface area contributed by atoms with Gasteiger partial charge in [0.25, 0.3) is 0 Å². The maximum atomic E-state index is 11.4. The summed E-state index contributed by atoms with van der Waals surface area (Å²) in [6.45, 7) is 2.42. The van der Waals surface area contributed by atoms with Crippen molar-refractivity contribution in [3.63, 3.8) is 0 Å². The Morgan fingerprint density at radius 3 is 2.75 bits per heavy atom. The zero-order valence-corrected chi connectivity index (χ0v) is 7.42. The first-order valence-electron chi connectivity index (χ1n) is 4.39. The van der Waals surface area contributed by atoms with Gasteiger partial charge < -0.3 is 11.1 Å². The van der Waals surface area contributed by atoms with E-state index in [1.54, 1.807) is 0 Å².